The molecule has 18 heavy (non-hydrogen) atoms. The fraction of sp³-hybridized carbons (Fsp3) is 0.385. The minimum absolute atomic E-state index is 0.366. The standard InChI is InChI=1S/C13H17N3O2/c1-10(2)14-7-11-3-4-12(8-15-11)17-9-13-5-6-16-18-13/h3-6,8,10,14H,7,9H2,1-2H3. The largest absolute Gasteiger partial charge is 0.484 e. The van der Waals surface area contributed by atoms with Crippen LogP contribution in [0.5, 0.6) is 5.75 Å². The lowest BCUT2D eigenvalue weighted by atomic mass is 10.3. The number of aromatic nitrogens is 2. The third-order valence-corrected chi connectivity index (χ3v) is 2.36. The summed E-state index contributed by atoms with van der Waals surface area (Å²) in [6.45, 7) is 5.34. The predicted octanol–water partition coefficient (Wildman–Crippen LogP) is 2.15. The molecule has 0 aliphatic carbocycles. The van der Waals surface area contributed by atoms with Crippen LogP contribution in [-0.4, -0.2) is 16.2 Å². The van der Waals surface area contributed by atoms with Gasteiger partial charge >= 0.3 is 0 Å². The smallest absolute Gasteiger partial charge is 0.174 e. The van der Waals surface area contributed by atoms with Crippen LogP contribution in [0.4, 0.5) is 0 Å². The number of hydrogen-bond acceptors (Lipinski definition) is 5. The number of pyridine rings is 1. The summed E-state index contributed by atoms with van der Waals surface area (Å²) in [5, 5.41) is 6.92. The second kappa shape index (κ2) is 6.16. The molecule has 0 amide bonds. The second-order valence-corrected chi connectivity index (χ2v) is 4.29. The molecule has 0 bridgehead atoms. The van der Waals surface area contributed by atoms with E-state index in [2.05, 4.69) is 29.3 Å². The number of ether oxygens (including phenoxy) is 1. The topological polar surface area (TPSA) is 60.2 Å². The zero-order valence-corrected chi connectivity index (χ0v) is 10.6. The fourth-order valence-electron chi connectivity index (χ4n) is 1.38. The third-order valence-electron chi connectivity index (χ3n) is 2.36. The van der Waals surface area contributed by atoms with Crippen molar-refractivity contribution in [1.82, 2.24) is 15.5 Å². The van der Waals surface area contributed by atoms with Crippen molar-refractivity contribution in [3.8, 4) is 5.75 Å². The number of hydrogen-bond donors (Lipinski definition) is 1. The van der Waals surface area contributed by atoms with Gasteiger partial charge in [0.05, 0.1) is 18.1 Å². The molecule has 2 heterocycles. The zero-order chi connectivity index (χ0) is 12.8. The lowest BCUT2D eigenvalue weighted by Crippen LogP contribution is -2.22. The van der Waals surface area contributed by atoms with Gasteiger partial charge in [0.25, 0.3) is 0 Å². The van der Waals surface area contributed by atoms with Gasteiger partial charge in [0.15, 0.2) is 5.76 Å². The third kappa shape index (κ3) is 3.85. The summed E-state index contributed by atoms with van der Waals surface area (Å²) >= 11 is 0. The van der Waals surface area contributed by atoms with Gasteiger partial charge in [0.1, 0.15) is 12.4 Å². The molecule has 96 valence electrons. The van der Waals surface area contributed by atoms with Crippen molar-refractivity contribution in [2.45, 2.75) is 33.0 Å². The molecular formula is C13H17N3O2. The Labute approximate surface area is 106 Å². The molecule has 5 heteroatoms. The molecule has 0 aliphatic heterocycles. The van der Waals surface area contributed by atoms with E-state index in [0.717, 1.165) is 18.0 Å². The molecule has 1 N–H and O–H groups in total. The number of nitrogens with zero attached hydrogens (tertiary/aromatic N) is 2. The Kier molecular flexibility index (Phi) is 4.30. The Hall–Kier alpha value is -1.88. The van der Waals surface area contributed by atoms with Crippen molar-refractivity contribution in [2.24, 2.45) is 0 Å². The summed E-state index contributed by atoms with van der Waals surface area (Å²) < 4.78 is 10.5. The first-order chi connectivity index (χ1) is 8.74. The Morgan fingerprint density at radius 2 is 2.22 bits per heavy atom. The van der Waals surface area contributed by atoms with E-state index in [0.29, 0.717) is 18.4 Å². The van der Waals surface area contributed by atoms with Crippen molar-refractivity contribution in [3.63, 3.8) is 0 Å². The van der Waals surface area contributed by atoms with E-state index in [4.69, 9.17) is 9.26 Å². The van der Waals surface area contributed by atoms with Gasteiger partial charge in [0, 0.05) is 18.7 Å². The van der Waals surface area contributed by atoms with Gasteiger partial charge in [-0.3, -0.25) is 4.98 Å². The molecule has 0 spiro atoms. The quantitative estimate of drug-likeness (QED) is 0.847. The minimum Gasteiger partial charge on any atom is -0.484 e. The highest BCUT2D eigenvalue weighted by Gasteiger charge is 2.01. The van der Waals surface area contributed by atoms with Crippen molar-refractivity contribution in [1.29, 1.82) is 0 Å². The highest BCUT2D eigenvalue weighted by Crippen LogP contribution is 2.11. The molecule has 0 saturated heterocycles. The van der Waals surface area contributed by atoms with Gasteiger partial charge in [-0.05, 0) is 12.1 Å². The van der Waals surface area contributed by atoms with Crippen molar-refractivity contribution < 1.29 is 9.26 Å². The van der Waals surface area contributed by atoms with E-state index >= 15 is 0 Å². The summed E-state index contributed by atoms with van der Waals surface area (Å²) in [6.07, 6.45) is 3.31. The van der Waals surface area contributed by atoms with E-state index in [1.165, 1.54) is 0 Å². The summed E-state index contributed by atoms with van der Waals surface area (Å²) in [5.74, 6) is 1.42. The van der Waals surface area contributed by atoms with Crippen LogP contribution in [0, 0.1) is 0 Å². The first-order valence-corrected chi connectivity index (χ1v) is 5.94. The van der Waals surface area contributed by atoms with Crippen LogP contribution >= 0.6 is 0 Å². The summed E-state index contributed by atoms with van der Waals surface area (Å²) in [4.78, 5) is 4.32. The molecule has 2 aromatic rings. The molecule has 0 aliphatic rings. The molecule has 0 radical (unpaired) electrons. The van der Waals surface area contributed by atoms with Crippen LogP contribution in [0.25, 0.3) is 0 Å². The molecule has 0 atom stereocenters. The molecule has 0 fully saturated rings. The van der Waals surface area contributed by atoms with E-state index in [1.807, 2.05) is 12.1 Å². The lowest BCUT2D eigenvalue weighted by Gasteiger charge is -2.08. The summed E-state index contributed by atoms with van der Waals surface area (Å²) in [7, 11) is 0. The van der Waals surface area contributed by atoms with Crippen LogP contribution < -0.4 is 10.1 Å². The van der Waals surface area contributed by atoms with Gasteiger partial charge in [-0.2, -0.15) is 0 Å². The summed E-state index contributed by atoms with van der Waals surface area (Å²) in [5.41, 5.74) is 0.996. The number of rotatable bonds is 6. The Balaban J connectivity index is 1.83. The Morgan fingerprint density at radius 3 is 2.83 bits per heavy atom. The maximum Gasteiger partial charge on any atom is 0.174 e. The second-order valence-electron chi connectivity index (χ2n) is 4.29. The summed E-state index contributed by atoms with van der Waals surface area (Å²) in [6, 6.07) is 6.08. The van der Waals surface area contributed by atoms with Crippen molar-refractivity contribution in [2.75, 3.05) is 0 Å². The lowest BCUT2D eigenvalue weighted by molar-refractivity contribution is 0.248. The van der Waals surface area contributed by atoms with Crippen LogP contribution in [-0.2, 0) is 13.2 Å². The normalized spacial score (nSPS) is 10.8. The van der Waals surface area contributed by atoms with E-state index in [1.54, 1.807) is 18.5 Å². The fourth-order valence-corrected chi connectivity index (χ4v) is 1.38. The molecule has 5 nitrogen and oxygen atoms in total. The monoisotopic (exact) mass is 247 g/mol. The SMILES string of the molecule is CC(C)NCc1ccc(OCc2ccno2)cn1. The van der Waals surface area contributed by atoms with Gasteiger partial charge in [-0.15, -0.1) is 0 Å². The van der Waals surface area contributed by atoms with Crippen LogP contribution in [0.15, 0.2) is 35.1 Å². The van der Waals surface area contributed by atoms with Crippen LogP contribution in [0.1, 0.15) is 25.3 Å². The molecule has 0 saturated carbocycles. The van der Waals surface area contributed by atoms with Crippen LogP contribution in [0.2, 0.25) is 0 Å². The van der Waals surface area contributed by atoms with Crippen molar-refractivity contribution in [3.05, 3.63) is 42.0 Å². The highest BCUT2D eigenvalue weighted by molar-refractivity contribution is 5.20. The van der Waals surface area contributed by atoms with Crippen LogP contribution in [0.3, 0.4) is 0 Å². The molecule has 2 rings (SSSR count). The average molecular weight is 247 g/mol. The molecule has 0 aromatic carbocycles. The van der Waals surface area contributed by atoms with Gasteiger partial charge in [0.2, 0.25) is 0 Å². The van der Waals surface area contributed by atoms with E-state index in [9.17, 15) is 0 Å². The highest BCUT2D eigenvalue weighted by atomic mass is 16.5. The average Bonchev–Trinajstić information content (AvgIpc) is 2.88. The molecule has 2 aromatic heterocycles. The number of nitrogens with one attached hydrogen (secondary N) is 1. The zero-order valence-electron chi connectivity index (χ0n) is 10.6. The Morgan fingerprint density at radius 1 is 1.33 bits per heavy atom. The van der Waals surface area contributed by atoms with E-state index in [-0.39, 0.29) is 0 Å². The van der Waals surface area contributed by atoms with Gasteiger partial charge in [-0.25, -0.2) is 0 Å². The van der Waals surface area contributed by atoms with Gasteiger partial charge in [-0.1, -0.05) is 19.0 Å². The molecule has 0 unspecified atom stereocenters. The predicted molar refractivity (Wildman–Crippen MR) is 67.0 cm³/mol. The van der Waals surface area contributed by atoms with Gasteiger partial charge < -0.3 is 14.6 Å². The first-order valence-electron chi connectivity index (χ1n) is 5.94. The van der Waals surface area contributed by atoms with Crippen molar-refractivity contribution >= 4 is 0 Å². The minimum atomic E-state index is 0.366. The molecular weight excluding hydrogens is 230 g/mol. The Bertz CT molecular complexity index is 452. The maximum absolute atomic E-state index is 5.51. The first kappa shape index (κ1) is 12.6. The maximum atomic E-state index is 5.51. The van der Waals surface area contributed by atoms with E-state index < -0.39 is 0 Å².